The minimum Gasteiger partial charge on any atom is -0.315 e. The summed E-state index contributed by atoms with van der Waals surface area (Å²) in [6.07, 6.45) is -2.76. The summed E-state index contributed by atoms with van der Waals surface area (Å²) in [5.41, 5.74) is -0.568. The first-order valence-electron chi connectivity index (χ1n) is 6.12. The van der Waals surface area contributed by atoms with Gasteiger partial charge in [0.25, 0.3) is 5.56 Å². The smallest absolute Gasteiger partial charge is 0.315 e. The highest BCUT2D eigenvalue weighted by atomic mass is 19.4. The maximum Gasteiger partial charge on any atom is 0.417 e. The van der Waals surface area contributed by atoms with Gasteiger partial charge < -0.3 is 4.57 Å². The molecule has 1 aliphatic rings. The van der Waals surface area contributed by atoms with E-state index in [2.05, 4.69) is 0 Å². The van der Waals surface area contributed by atoms with Crippen molar-refractivity contribution in [3.63, 3.8) is 0 Å². The van der Waals surface area contributed by atoms with Crippen LogP contribution in [0.2, 0.25) is 0 Å². The van der Waals surface area contributed by atoms with Gasteiger partial charge in [-0.15, -0.1) is 0 Å². The topological polar surface area (TPSA) is 22.0 Å². The predicted octanol–water partition coefficient (Wildman–Crippen LogP) is 3.23. The van der Waals surface area contributed by atoms with Crippen LogP contribution in [0.15, 0.2) is 4.79 Å². The molecular formula is C13H18F3NO. The summed E-state index contributed by atoms with van der Waals surface area (Å²) in [4.78, 5) is 11.7. The van der Waals surface area contributed by atoms with Crippen molar-refractivity contribution in [3.05, 3.63) is 32.7 Å². The fraction of sp³-hybridized carbons (Fsp3) is 0.615. The van der Waals surface area contributed by atoms with Gasteiger partial charge >= 0.3 is 6.18 Å². The third-order valence-electron chi connectivity index (χ3n) is 3.18. The third kappa shape index (κ3) is 2.31. The van der Waals surface area contributed by atoms with Gasteiger partial charge in [-0.1, -0.05) is 13.8 Å². The Labute approximate surface area is 104 Å². The van der Waals surface area contributed by atoms with Crippen molar-refractivity contribution < 1.29 is 13.2 Å². The van der Waals surface area contributed by atoms with Gasteiger partial charge in [0.15, 0.2) is 0 Å². The van der Waals surface area contributed by atoms with E-state index in [0.717, 1.165) is 0 Å². The summed E-state index contributed by atoms with van der Waals surface area (Å²) in [5.74, 6) is 0. The molecule has 0 amide bonds. The Hall–Kier alpha value is -1.26. The highest BCUT2D eigenvalue weighted by Gasteiger charge is 2.39. The van der Waals surface area contributed by atoms with Crippen LogP contribution in [-0.4, -0.2) is 4.57 Å². The lowest BCUT2D eigenvalue weighted by atomic mass is 10.0. The first-order chi connectivity index (χ1) is 8.34. The minimum absolute atomic E-state index is 0.185. The molecule has 0 aromatic carbocycles. The van der Waals surface area contributed by atoms with Crippen molar-refractivity contribution >= 4 is 0 Å². The second-order valence-corrected chi connectivity index (χ2v) is 4.14. The summed E-state index contributed by atoms with van der Waals surface area (Å²) < 4.78 is 40.0. The summed E-state index contributed by atoms with van der Waals surface area (Å²) in [5, 5.41) is 0. The van der Waals surface area contributed by atoms with Crippen molar-refractivity contribution in [1.82, 2.24) is 4.57 Å². The number of hydrogen-bond donors (Lipinski definition) is 0. The minimum atomic E-state index is -4.42. The number of alkyl halides is 3. The van der Waals surface area contributed by atoms with Crippen molar-refractivity contribution in [2.24, 2.45) is 7.05 Å². The van der Waals surface area contributed by atoms with Crippen LogP contribution >= 0.6 is 0 Å². The van der Waals surface area contributed by atoms with Gasteiger partial charge in [-0.25, -0.2) is 0 Å². The highest BCUT2D eigenvalue weighted by Crippen LogP contribution is 2.37. The van der Waals surface area contributed by atoms with Crippen LogP contribution in [0.5, 0.6) is 0 Å². The van der Waals surface area contributed by atoms with E-state index < -0.39 is 17.3 Å². The molecule has 2 nitrogen and oxygen atoms in total. The van der Waals surface area contributed by atoms with Crippen LogP contribution in [-0.2, 0) is 26.1 Å². The van der Waals surface area contributed by atoms with Gasteiger partial charge in [0, 0.05) is 18.3 Å². The van der Waals surface area contributed by atoms with Gasteiger partial charge in [-0.2, -0.15) is 13.2 Å². The van der Waals surface area contributed by atoms with Gasteiger partial charge in [0.2, 0.25) is 0 Å². The quantitative estimate of drug-likeness (QED) is 0.702. The Morgan fingerprint density at radius 3 is 2.22 bits per heavy atom. The van der Waals surface area contributed by atoms with E-state index in [0.29, 0.717) is 30.5 Å². The molecule has 2 rings (SSSR count). The Balaban J connectivity index is 0.000000771. The van der Waals surface area contributed by atoms with Crippen LogP contribution in [0, 0.1) is 6.92 Å². The van der Waals surface area contributed by atoms with Crippen molar-refractivity contribution in [2.45, 2.75) is 46.2 Å². The van der Waals surface area contributed by atoms with Crippen LogP contribution in [0.1, 0.15) is 42.7 Å². The largest absolute Gasteiger partial charge is 0.417 e. The third-order valence-corrected chi connectivity index (χ3v) is 3.18. The Kier molecular flexibility index (Phi) is 4.24. The lowest BCUT2D eigenvalue weighted by Crippen LogP contribution is -2.28. The second kappa shape index (κ2) is 5.16. The standard InChI is InChI=1S/C11H12F3NO.C2H6/c1-6-9(11(12,13)14)7-4-3-5-8(7)15(2)10(6)16;1-2/h3-5H2,1-2H3;1-2H3. The number of rotatable bonds is 0. The van der Waals surface area contributed by atoms with E-state index in [1.54, 1.807) is 7.05 Å². The first-order valence-corrected chi connectivity index (χ1v) is 6.12. The molecule has 5 heteroatoms. The van der Waals surface area contributed by atoms with E-state index in [1.165, 1.54) is 11.5 Å². The number of halogens is 3. The summed E-state index contributed by atoms with van der Waals surface area (Å²) >= 11 is 0. The fourth-order valence-corrected chi connectivity index (χ4v) is 2.46. The lowest BCUT2D eigenvalue weighted by molar-refractivity contribution is -0.138. The second-order valence-electron chi connectivity index (χ2n) is 4.14. The van der Waals surface area contributed by atoms with Crippen LogP contribution < -0.4 is 5.56 Å². The van der Waals surface area contributed by atoms with Gasteiger partial charge in [-0.05, 0) is 31.7 Å². The Bertz CT molecular complexity index is 500. The zero-order valence-corrected chi connectivity index (χ0v) is 11.1. The summed E-state index contributed by atoms with van der Waals surface area (Å²) in [6, 6.07) is 0. The van der Waals surface area contributed by atoms with Crippen molar-refractivity contribution in [3.8, 4) is 0 Å². The zero-order chi connectivity index (χ0) is 14.1. The number of hydrogen-bond acceptors (Lipinski definition) is 1. The van der Waals surface area contributed by atoms with Crippen LogP contribution in [0.3, 0.4) is 0 Å². The SMILES string of the molecule is CC.Cc1c(C(F)(F)F)c2c(n(C)c1=O)CCC2. The molecule has 1 aromatic rings. The molecule has 0 radical (unpaired) electrons. The van der Waals surface area contributed by atoms with Crippen LogP contribution in [0.4, 0.5) is 13.2 Å². The number of fused-ring (bicyclic) bond motifs is 1. The predicted molar refractivity (Wildman–Crippen MR) is 64.8 cm³/mol. The zero-order valence-electron chi connectivity index (χ0n) is 11.1. The molecular weight excluding hydrogens is 243 g/mol. The molecule has 0 bridgehead atoms. The fourth-order valence-electron chi connectivity index (χ4n) is 2.46. The normalized spacial score (nSPS) is 13.9. The lowest BCUT2D eigenvalue weighted by Gasteiger charge is -2.17. The van der Waals surface area contributed by atoms with Gasteiger partial charge in [-0.3, -0.25) is 4.79 Å². The molecule has 18 heavy (non-hydrogen) atoms. The molecule has 1 aliphatic carbocycles. The van der Waals surface area contributed by atoms with Crippen LogP contribution in [0.25, 0.3) is 0 Å². The molecule has 1 heterocycles. The van der Waals surface area contributed by atoms with Gasteiger partial charge in [0.05, 0.1) is 5.56 Å². The Morgan fingerprint density at radius 2 is 1.72 bits per heavy atom. The molecule has 0 unspecified atom stereocenters. The summed E-state index contributed by atoms with van der Waals surface area (Å²) in [6.45, 7) is 5.25. The molecule has 0 saturated heterocycles. The molecule has 0 aliphatic heterocycles. The number of nitrogens with zero attached hydrogens (tertiary/aromatic N) is 1. The van der Waals surface area contributed by atoms with E-state index >= 15 is 0 Å². The van der Waals surface area contributed by atoms with E-state index in [-0.39, 0.29) is 5.56 Å². The number of pyridine rings is 1. The van der Waals surface area contributed by atoms with E-state index in [9.17, 15) is 18.0 Å². The summed E-state index contributed by atoms with van der Waals surface area (Å²) in [7, 11) is 1.54. The molecule has 1 aromatic heterocycles. The van der Waals surface area contributed by atoms with E-state index in [4.69, 9.17) is 0 Å². The first kappa shape index (κ1) is 14.8. The molecule has 0 N–H and O–H groups in total. The molecule has 0 atom stereocenters. The monoisotopic (exact) mass is 261 g/mol. The molecule has 0 spiro atoms. The average molecular weight is 261 g/mol. The average Bonchev–Trinajstić information content (AvgIpc) is 2.76. The van der Waals surface area contributed by atoms with Crippen molar-refractivity contribution in [2.75, 3.05) is 0 Å². The molecule has 0 saturated carbocycles. The maximum atomic E-state index is 12.9. The maximum absolute atomic E-state index is 12.9. The van der Waals surface area contributed by atoms with E-state index in [1.807, 2.05) is 13.8 Å². The Morgan fingerprint density at radius 1 is 1.17 bits per heavy atom. The molecule has 0 fully saturated rings. The van der Waals surface area contributed by atoms with Gasteiger partial charge in [0.1, 0.15) is 0 Å². The molecule has 102 valence electrons. The van der Waals surface area contributed by atoms with Crippen molar-refractivity contribution in [1.29, 1.82) is 0 Å². The highest BCUT2D eigenvalue weighted by molar-refractivity contribution is 5.41. The number of aromatic nitrogens is 1.